The third-order valence-corrected chi connectivity index (χ3v) is 4.46. The van der Waals surface area contributed by atoms with E-state index in [1.807, 2.05) is 60.7 Å². The number of carboxylic acids is 1. The van der Waals surface area contributed by atoms with Crippen molar-refractivity contribution in [1.29, 1.82) is 0 Å². The zero-order chi connectivity index (χ0) is 17.4. The van der Waals surface area contributed by atoms with Crippen LogP contribution in [0.2, 0.25) is 0 Å². The second kappa shape index (κ2) is 5.96. The third-order valence-electron chi connectivity index (χ3n) is 4.46. The molecule has 3 N–H and O–H groups in total. The average molecular weight is 332 g/mol. The van der Waals surface area contributed by atoms with Crippen LogP contribution in [0.25, 0.3) is 0 Å². The average Bonchev–Trinajstić information content (AvgIpc) is 2.55. The van der Waals surface area contributed by atoms with Gasteiger partial charge in [0.2, 0.25) is 0 Å². The zero-order valence-corrected chi connectivity index (χ0v) is 12.9. The van der Waals surface area contributed by atoms with Crippen LogP contribution in [0.1, 0.15) is 17.2 Å². The lowest BCUT2D eigenvalue weighted by molar-refractivity contribution is -0.191. The van der Waals surface area contributed by atoms with E-state index in [2.05, 4.69) is 0 Å². The molecule has 0 radical (unpaired) electrons. The van der Waals surface area contributed by atoms with E-state index in [9.17, 15) is 13.6 Å². The van der Waals surface area contributed by atoms with Crippen molar-refractivity contribution in [2.45, 2.75) is 17.5 Å². The summed E-state index contributed by atoms with van der Waals surface area (Å²) in [5, 5.41) is 8.75. The first-order valence-corrected chi connectivity index (χ1v) is 7.59. The summed E-state index contributed by atoms with van der Waals surface area (Å²) in [4.78, 5) is 12.6. The van der Waals surface area contributed by atoms with Crippen molar-refractivity contribution in [3.05, 3.63) is 71.8 Å². The Morgan fingerprint density at radius 3 is 1.83 bits per heavy atom. The summed E-state index contributed by atoms with van der Waals surface area (Å²) >= 11 is 0. The molecule has 1 aliphatic heterocycles. The van der Waals surface area contributed by atoms with Crippen LogP contribution in [0.4, 0.5) is 8.78 Å². The lowest BCUT2D eigenvalue weighted by Gasteiger charge is -2.52. The number of nitrogens with zero attached hydrogens (tertiary/aromatic N) is 1. The van der Waals surface area contributed by atoms with Crippen molar-refractivity contribution >= 4 is 5.97 Å². The van der Waals surface area contributed by atoms with Gasteiger partial charge in [-0.05, 0) is 11.1 Å². The number of rotatable bonds is 5. The first-order chi connectivity index (χ1) is 11.3. The van der Waals surface area contributed by atoms with Gasteiger partial charge in [0.05, 0.1) is 6.04 Å². The topological polar surface area (TPSA) is 66.6 Å². The largest absolute Gasteiger partial charge is 0.477 e. The number of hydrogen-bond acceptors (Lipinski definition) is 3. The van der Waals surface area contributed by atoms with Gasteiger partial charge < -0.3 is 10.8 Å². The molecule has 0 atom stereocenters. The van der Waals surface area contributed by atoms with Crippen LogP contribution in [-0.4, -0.2) is 40.5 Å². The number of alkyl halides is 2. The molecular formula is C18H18F2N2O2. The summed E-state index contributed by atoms with van der Waals surface area (Å²) in [7, 11) is 0. The van der Waals surface area contributed by atoms with Gasteiger partial charge in [0, 0.05) is 13.1 Å². The molecular weight excluding hydrogens is 314 g/mol. The Bertz CT molecular complexity index is 677. The van der Waals surface area contributed by atoms with Gasteiger partial charge in [-0.25, -0.2) is 4.79 Å². The lowest BCUT2D eigenvalue weighted by atomic mass is 9.80. The van der Waals surface area contributed by atoms with Gasteiger partial charge in [0.1, 0.15) is 5.54 Å². The molecule has 2 aromatic carbocycles. The maximum Gasteiger partial charge on any atom is 0.376 e. The van der Waals surface area contributed by atoms with Crippen LogP contribution >= 0.6 is 0 Å². The smallest absolute Gasteiger partial charge is 0.376 e. The summed E-state index contributed by atoms with van der Waals surface area (Å²) in [5.74, 6) is -6.14. The van der Waals surface area contributed by atoms with Crippen LogP contribution < -0.4 is 5.73 Å². The molecule has 4 nitrogen and oxygen atoms in total. The highest BCUT2D eigenvalue weighted by atomic mass is 19.3. The van der Waals surface area contributed by atoms with Crippen LogP contribution in [0, 0.1) is 0 Å². The van der Waals surface area contributed by atoms with Gasteiger partial charge >= 0.3 is 11.9 Å². The SMILES string of the molecule is NC1(C(F)(F)C(=O)O)CN(C(c2ccccc2)c2ccccc2)C1. The number of hydrogen-bond donors (Lipinski definition) is 2. The number of carboxylic acid groups (broad SMARTS) is 1. The normalized spacial score (nSPS) is 17.5. The molecule has 1 heterocycles. The summed E-state index contributed by atoms with van der Waals surface area (Å²) in [6, 6.07) is 18.7. The van der Waals surface area contributed by atoms with Crippen LogP contribution in [0.15, 0.2) is 60.7 Å². The Kier molecular flexibility index (Phi) is 4.11. The maximum atomic E-state index is 13.9. The van der Waals surface area contributed by atoms with E-state index in [0.29, 0.717) is 0 Å². The molecule has 1 aliphatic rings. The summed E-state index contributed by atoms with van der Waals surface area (Å²) < 4.78 is 27.7. The molecule has 0 spiro atoms. The van der Waals surface area contributed by atoms with E-state index < -0.39 is 17.4 Å². The molecule has 2 aromatic rings. The Labute approximate surface area is 138 Å². The zero-order valence-electron chi connectivity index (χ0n) is 12.9. The molecule has 1 saturated heterocycles. The van der Waals surface area contributed by atoms with Crippen LogP contribution in [0.3, 0.4) is 0 Å². The molecule has 24 heavy (non-hydrogen) atoms. The molecule has 3 rings (SSSR count). The summed E-state index contributed by atoms with van der Waals surface area (Å²) in [5.41, 5.74) is 5.54. The molecule has 0 saturated carbocycles. The van der Waals surface area contributed by atoms with E-state index >= 15 is 0 Å². The molecule has 0 unspecified atom stereocenters. The molecule has 6 heteroatoms. The van der Waals surface area contributed by atoms with Crippen molar-refractivity contribution in [2.24, 2.45) is 5.73 Å². The number of likely N-dealkylation sites (tertiary alicyclic amines) is 1. The van der Waals surface area contributed by atoms with Gasteiger partial charge in [0.15, 0.2) is 0 Å². The Morgan fingerprint density at radius 2 is 1.46 bits per heavy atom. The summed E-state index contributed by atoms with van der Waals surface area (Å²) in [6.07, 6.45) is 0. The van der Waals surface area contributed by atoms with Crippen LogP contribution in [-0.2, 0) is 4.79 Å². The van der Waals surface area contributed by atoms with Gasteiger partial charge in [0.25, 0.3) is 0 Å². The monoisotopic (exact) mass is 332 g/mol. The van der Waals surface area contributed by atoms with Crippen molar-refractivity contribution in [3.63, 3.8) is 0 Å². The number of benzene rings is 2. The third kappa shape index (κ3) is 2.68. The molecule has 1 fully saturated rings. The molecule has 126 valence electrons. The van der Waals surface area contributed by atoms with E-state index in [0.717, 1.165) is 11.1 Å². The van der Waals surface area contributed by atoms with E-state index in [1.165, 1.54) is 0 Å². The molecule has 0 bridgehead atoms. The standard InChI is InChI=1S/C18H18F2N2O2/c19-18(20,16(23)24)17(21)11-22(12-17)15(13-7-3-1-4-8-13)14-9-5-2-6-10-14/h1-10,15H,11-12,21H2,(H,23,24). The molecule has 0 aliphatic carbocycles. The minimum Gasteiger partial charge on any atom is -0.477 e. The number of aliphatic carboxylic acids is 1. The number of nitrogens with two attached hydrogens (primary N) is 1. The molecule has 0 amide bonds. The predicted octanol–water partition coefficient (Wildman–Crippen LogP) is 2.51. The van der Waals surface area contributed by atoms with Gasteiger partial charge in [-0.1, -0.05) is 60.7 Å². The second-order valence-corrected chi connectivity index (χ2v) is 6.16. The van der Waals surface area contributed by atoms with E-state index in [-0.39, 0.29) is 19.1 Å². The van der Waals surface area contributed by atoms with Crippen molar-refractivity contribution < 1.29 is 18.7 Å². The highest BCUT2D eigenvalue weighted by molar-refractivity contribution is 5.78. The maximum absolute atomic E-state index is 13.9. The predicted molar refractivity (Wildman–Crippen MR) is 85.8 cm³/mol. The Hall–Kier alpha value is -2.31. The van der Waals surface area contributed by atoms with E-state index in [1.54, 1.807) is 4.90 Å². The molecule has 0 aromatic heterocycles. The lowest BCUT2D eigenvalue weighted by Crippen LogP contribution is -2.77. The highest BCUT2D eigenvalue weighted by Crippen LogP contribution is 2.41. The van der Waals surface area contributed by atoms with Crippen molar-refractivity contribution in [2.75, 3.05) is 13.1 Å². The van der Waals surface area contributed by atoms with Gasteiger partial charge in [-0.2, -0.15) is 8.78 Å². The van der Waals surface area contributed by atoms with E-state index in [4.69, 9.17) is 10.8 Å². The fourth-order valence-corrected chi connectivity index (χ4v) is 3.16. The number of carbonyl (C=O) groups is 1. The first-order valence-electron chi connectivity index (χ1n) is 7.59. The number of halogens is 2. The minimum absolute atomic E-state index is 0.194. The quantitative estimate of drug-likeness (QED) is 0.883. The van der Waals surface area contributed by atoms with Crippen molar-refractivity contribution in [3.8, 4) is 0 Å². The highest BCUT2D eigenvalue weighted by Gasteiger charge is 2.63. The minimum atomic E-state index is -3.96. The van der Waals surface area contributed by atoms with Crippen molar-refractivity contribution in [1.82, 2.24) is 4.90 Å². The first kappa shape index (κ1) is 16.5. The Morgan fingerprint density at radius 1 is 1.04 bits per heavy atom. The van der Waals surface area contributed by atoms with Crippen LogP contribution in [0.5, 0.6) is 0 Å². The fraction of sp³-hybridized carbons (Fsp3) is 0.278. The van der Waals surface area contributed by atoms with Gasteiger partial charge in [-0.3, -0.25) is 4.90 Å². The second-order valence-electron chi connectivity index (χ2n) is 6.16. The van der Waals surface area contributed by atoms with Gasteiger partial charge in [-0.15, -0.1) is 0 Å². The summed E-state index contributed by atoms with van der Waals surface area (Å²) in [6.45, 7) is -0.387. The Balaban J connectivity index is 1.89. The fourth-order valence-electron chi connectivity index (χ4n) is 3.16.